The lowest BCUT2D eigenvalue weighted by molar-refractivity contribution is 0.299. The number of hydrogen-bond donors (Lipinski definition) is 0. The molecule has 0 spiro atoms. The van der Waals surface area contributed by atoms with Gasteiger partial charge in [0.2, 0.25) is 0 Å². The third kappa shape index (κ3) is 6.45. The van der Waals surface area contributed by atoms with Crippen LogP contribution in [-0.4, -0.2) is 0 Å². The highest BCUT2D eigenvalue weighted by atomic mass is 31.2. The second kappa shape index (κ2) is 15.5. The highest BCUT2D eigenvalue weighted by molar-refractivity contribution is 7.50. The van der Waals surface area contributed by atoms with Gasteiger partial charge >= 0.3 is 15.6 Å². The van der Waals surface area contributed by atoms with E-state index in [9.17, 15) is 0 Å². The van der Waals surface area contributed by atoms with Gasteiger partial charge in [-0.25, -0.2) is 0 Å². The Morgan fingerprint density at radius 3 is 0.714 bits per heavy atom. The predicted octanol–water partition coefficient (Wildman–Crippen LogP) is 17.5. The van der Waals surface area contributed by atoms with Crippen molar-refractivity contribution >= 4 is 80.3 Å². The van der Waals surface area contributed by atoms with Crippen LogP contribution in [0.1, 0.15) is 0 Å². The standard InChI is InChI=1S/C60H36O8P2/c61-69(63-49-31-25-37-13-1-7-19-43(37)55(49)56-44-20-8-2-14-38(44)26-32-50(56)64-69)67-53-35-29-41-17-5-11-23-47(41)59(53)60-48-24-12-6-18-42(48)30-36-54(60)68-70(62)65-51-33-27-39-15-3-9-21-45(39)57(51)58-46-22-10-4-16-40(46)28-34-52(58)66-70/h1-36H. The highest BCUT2D eigenvalue weighted by Gasteiger charge is 2.42. The smallest absolute Gasteiger partial charge is 0.385 e. The normalized spacial score (nSPS) is 14.2. The van der Waals surface area contributed by atoms with Crippen molar-refractivity contribution in [3.63, 3.8) is 0 Å². The van der Waals surface area contributed by atoms with Gasteiger partial charge in [-0.2, -0.15) is 9.13 Å². The SMILES string of the molecule is O=P1(Oc2ccc3ccccc3c2-c2c(OP3(=O)Oc4ccc5ccccc5c4-c4c(ccc5ccccc45)O3)ccc3ccccc23)Oc2ccc3ccccc3c2-c2c(ccc3ccccc23)O1. The summed E-state index contributed by atoms with van der Waals surface area (Å²) in [5.74, 6) is 1.71. The molecule has 2 aliphatic rings. The Bertz CT molecular complexity index is 3840. The summed E-state index contributed by atoms with van der Waals surface area (Å²) >= 11 is 0. The second-order valence-corrected chi connectivity index (χ2v) is 20.3. The van der Waals surface area contributed by atoms with Crippen LogP contribution in [0.4, 0.5) is 0 Å². The van der Waals surface area contributed by atoms with Crippen LogP contribution in [0.3, 0.4) is 0 Å². The van der Waals surface area contributed by atoms with Gasteiger partial charge < -0.3 is 27.1 Å². The Hall–Kier alpha value is -8.54. The minimum absolute atomic E-state index is 0.171. The average Bonchev–Trinajstić information content (AvgIpc) is 3.61. The molecule has 0 N–H and O–H groups in total. The number of fused-ring (bicyclic) bond motifs is 16. The Balaban J connectivity index is 0.961. The molecule has 14 rings (SSSR count). The first-order valence-electron chi connectivity index (χ1n) is 22.9. The van der Waals surface area contributed by atoms with E-state index in [1.165, 1.54) is 0 Å². The molecular formula is C60H36O8P2. The lowest BCUT2D eigenvalue weighted by Gasteiger charge is -2.24. The molecule has 334 valence electrons. The van der Waals surface area contributed by atoms with Crippen LogP contribution in [0.5, 0.6) is 34.5 Å². The van der Waals surface area contributed by atoms with Crippen molar-refractivity contribution in [2.24, 2.45) is 0 Å². The Labute approximate surface area is 401 Å². The van der Waals surface area contributed by atoms with E-state index in [0.29, 0.717) is 34.1 Å². The van der Waals surface area contributed by atoms with Gasteiger partial charge in [0.05, 0.1) is 0 Å². The molecule has 12 aromatic carbocycles. The van der Waals surface area contributed by atoms with Crippen LogP contribution >= 0.6 is 15.6 Å². The molecule has 0 saturated carbocycles. The summed E-state index contributed by atoms with van der Waals surface area (Å²) in [5.41, 5.74) is 3.96. The summed E-state index contributed by atoms with van der Waals surface area (Å²) in [7, 11) is -9.23. The van der Waals surface area contributed by atoms with E-state index in [-0.39, 0.29) is 11.5 Å². The molecule has 0 amide bonds. The van der Waals surface area contributed by atoms with E-state index in [0.717, 1.165) is 86.9 Å². The van der Waals surface area contributed by atoms with Gasteiger partial charge in [0.25, 0.3) is 0 Å². The molecule has 0 aromatic heterocycles. The van der Waals surface area contributed by atoms with Crippen molar-refractivity contribution in [1.29, 1.82) is 0 Å². The van der Waals surface area contributed by atoms with Crippen molar-refractivity contribution < 1.29 is 36.3 Å². The molecule has 0 saturated heterocycles. The van der Waals surface area contributed by atoms with Crippen LogP contribution in [-0.2, 0) is 9.13 Å². The first-order valence-corrected chi connectivity index (χ1v) is 25.8. The van der Waals surface area contributed by atoms with Crippen LogP contribution in [0.25, 0.3) is 98.0 Å². The molecule has 0 bridgehead atoms. The zero-order valence-electron chi connectivity index (χ0n) is 36.9. The molecule has 0 radical (unpaired) electrons. The van der Waals surface area contributed by atoms with Crippen molar-refractivity contribution in [2.45, 2.75) is 0 Å². The maximum Gasteiger partial charge on any atom is 0.647 e. The number of hydrogen-bond acceptors (Lipinski definition) is 8. The molecule has 0 atom stereocenters. The average molecular weight is 947 g/mol. The Kier molecular flexibility index (Phi) is 8.97. The summed E-state index contributed by atoms with van der Waals surface area (Å²) in [4.78, 5) is 0. The molecule has 0 unspecified atom stereocenters. The predicted molar refractivity (Wildman–Crippen MR) is 280 cm³/mol. The van der Waals surface area contributed by atoms with Gasteiger partial charge in [0.1, 0.15) is 34.5 Å². The first kappa shape index (κ1) is 40.5. The third-order valence-corrected chi connectivity index (χ3v) is 15.9. The summed E-state index contributed by atoms with van der Waals surface area (Å²) in [6.07, 6.45) is 0. The lowest BCUT2D eigenvalue weighted by atomic mass is 9.92. The van der Waals surface area contributed by atoms with E-state index in [1.807, 2.05) is 206 Å². The van der Waals surface area contributed by atoms with E-state index in [2.05, 4.69) is 0 Å². The fraction of sp³-hybridized carbons (Fsp3) is 0. The van der Waals surface area contributed by atoms with Gasteiger partial charge in [-0.3, -0.25) is 0 Å². The largest absolute Gasteiger partial charge is 0.647 e. The van der Waals surface area contributed by atoms with Gasteiger partial charge in [0, 0.05) is 33.4 Å². The molecule has 10 heteroatoms. The minimum Gasteiger partial charge on any atom is -0.385 e. The van der Waals surface area contributed by atoms with E-state index >= 15 is 9.13 Å². The van der Waals surface area contributed by atoms with E-state index in [1.54, 1.807) is 12.1 Å². The van der Waals surface area contributed by atoms with Crippen LogP contribution < -0.4 is 27.1 Å². The molecular weight excluding hydrogens is 911 g/mol. The van der Waals surface area contributed by atoms with E-state index < -0.39 is 15.6 Å². The number of phosphoric acid groups is 2. The lowest BCUT2D eigenvalue weighted by Crippen LogP contribution is -2.09. The zero-order chi connectivity index (χ0) is 46.6. The summed E-state index contributed by atoms with van der Waals surface area (Å²) in [6, 6.07) is 70.1. The third-order valence-electron chi connectivity index (χ3n) is 13.4. The van der Waals surface area contributed by atoms with Gasteiger partial charge in [0.15, 0.2) is 0 Å². The molecule has 2 aliphatic heterocycles. The Morgan fingerprint density at radius 1 is 0.243 bits per heavy atom. The molecule has 8 nitrogen and oxygen atoms in total. The van der Waals surface area contributed by atoms with Gasteiger partial charge in [-0.15, -0.1) is 0 Å². The van der Waals surface area contributed by atoms with Crippen molar-refractivity contribution in [2.75, 3.05) is 0 Å². The highest BCUT2D eigenvalue weighted by Crippen LogP contribution is 2.63. The van der Waals surface area contributed by atoms with E-state index in [4.69, 9.17) is 27.1 Å². The first-order chi connectivity index (χ1) is 34.4. The maximum atomic E-state index is 15.7. The van der Waals surface area contributed by atoms with Crippen LogP contribution in [0.15, 0.2) is 218 Å². The molecule has 0 fully saturated rings. The maximum absolute atomic E-state index is 15.7. The second-order valence-electron chi connectivity index (χ2n) is 17.4. The number of benzene rings is 12. The fourth-order valence-corrected chi connectivity index (χ4v) is 12.9. The summed E-state index contributed by atoms with van der Waals surface area (Å²) < 4.78 is 71.4. The number of phosphoric ester groups is 2. The Morgan fingerprint density at radius 2 is 0.457 bits per heavy atom. The van der Waals surface area contributed by atoms with Gasteiger partial charge in [-0.1, -0.05) is 182 Å². The summed E-state index contributed by atoms with van der Waals surface area (Å²) in [5, 5.41) is 10.7. The molecule has 0 aliphatic carbocycles. The topological polar surface area (TPSA) is 89.5 Å². The monoisotopic (exact) mass is 946 g/mol. The quantitative estimate of drug-likeness (QED) is 0.158. The summed E-state index contributed by atoms with van der Waals surface area (Å²) in [6.45, 7) is 0. The van der Waals surface area contributed by atoms with Crippen molar-refractivity contribution in [1.82, 2.24) is 0 Å². The fourth-order valence-electron chi connectivity index (χ4n) is 10.3. The van der Waals surface area contributed by atoms with Crippen LogP contribution in [0.2, 0.25) is 0 Å². The minimum atomic E-state index is -4.61. The molecule has 12 aromatic rings. The molecule has 2 heterocycles. The number of rotatable bonds is 5. The molecule has 70 heavy (non-hydrogen) atoms. The van der Waals surface area contributed by atoms with Crippen LogP contribution in [0, 0.1) is 0 Å². The van der Waals surface area contributed by atoms with Crippen molar-refractivity contribution in [3.8, 4) is 67.9 Å². The van der Waals surface area contributed by atoms with Gasteiger partial charge in [-0.05, 0) is 101 Å². The zero-order valence-corrected chi connectivity index (χ0v) is 38.7. The van der Waals surface area contributed by atoms with Crippen molar-refractivity contribution in [3.05, 3.63) is 218 Å².